The molecule has 0 amide bonds. The molecule has 0 saturated carbocycles. The van der Waals surface area contributed by atoms with Gasteiger partial charge in [-0.05, 0) is 93.6 Å². The van der Waals surface area contributed by atoms with Crippen molar-refractivity contribution in [3.05, 3.63) is 65.6 Å². The Hall–Kier alpha value is -3.47. The van der Waals surface area contributed by atoms with Crippen LogP contribution in [0.4, 0.5) is 17.2 Å². The van der Waals surface area contributed by atoms with Crippen LogP contribution in [-0.4, -0.2) is 83.7 Å². The van der Waals surface area contributed by atoms with Crippen LogP contribution in [0.25, 0.3) is 22.2 Å². The van der Waals surface area contributed by atoms with Gasteiger partial charge in [0, 0.05) is 69.7 Å². The number of fused-ring (bicyclic) bond motifs is 1. The molecule has 2 aromatic heterocycles. The SMILES string of the molecule is Cc1cc(C)nc(Nc2cc(-c3ccc(N4CCN(C(C)C)CC4)cc3)cc3c2nc(C2CCN(S(C)(=O)=O)CC2)n3C)c1. The zero-order chi connectivity index (χ0) is 31.2. The van der Waals surface area contributed by atoms with Crippen molar-refractivity contribution in [1.82, 2.24) is 23.7 Å². The third-order valence-corrected chi connectivity index (χ3v) is 10.6. The minimum atomic E-state index is -3.18. The summed E-state index contributed by atoms with van der Waals surface area (Å²) in [6.45, 7) is 13.9. The predicted octanol–water partition coefficient (Wildman–Crippen LogP) is 5.67. The van der Waals surface area contributed by atoms with Gasteiger partial charge in [0.2, 0.25) is 10.0 Å². The van der Waals surface area contributed by atoms with Gasteiger partial charge in [0.05, 0.1) is 17.5 Å². The summed E-state index contributed by atoms with van der Waals surface area (Å²) in [5.41, 5.74) is 8.50. The van der Waals surface area contributed by atoms with E-state index in [0.717, 1.165) is 89.8 Å². The van der Waals surface area contributed by atoms with E-state index in [2.05, 4.69) is 96.0 Å². The highest BCUT2D eigenvalue weighted by atomic mass is 32.2. The number of nitrogens with one attached hydrogen (secondary N) is 1. The van der Waals surface area contributed by atoms with E-state index in [4.69, 9.17) is 9.97 Å². The number of sulfonamides is 1. The molecule has 0 radical (unpaired) electrons. The molecule has 0 spiro atoms. The first-order chi connectivity index (χ1) is 21.0. The molecule has 234 valence electrons. The Labute approximate surface area is 262 Å². The Balaban J connectivity index is 1.34. The number of aromatic nitrogens is 3. The number of aryl methyl sites for hydroxylation is 3. The Kier molecular flexibility index (Phi) is 8.43. The summed E-state index contributed by atoms with van der Waals surface area (Å²) in [5.74, 6) is 1.99. The van der Waals surface area contributed by atoms with Gasteiger partial charge in [-0.2, -0.15) is 0 Å². The summed E-state index contributed by atoms with van der Waals surface area (Å²) in [6, 6.07) is 18.1. The molecule has 0 bridgehead atoms. The van der Waals surface area contributed by atoms with E-state index in [-0.39, 0.29) is 5.92 Å². The number of piperazine rings is 1. The number of anilines is 3. The molecule has 2 aliphatic rings. The van der Waals surface area contributed by atoms with Crippen LogP contribution in [0.2, 0.25) is 0 Å². The molecule has 10 heteroatoms. The number of piperidine rings is 1. The van der Waals surface area contributed by atoms with E-state index in [1.807, 2.05) is 6.92 Å². The van der Waals surface area contributed by atoms with Gasteiger partial charge in [0.25, 0.3) is 0 Å². The summed E-state index contributed by atoms with van der Waals surface area (Å²) < 4.78 is 28.0. The molecule has 4 heterocycles. The zero-order valence-corrected chi connectivity index (χ0v) is 27.7. The van der Waals surface area contributed by atoms with Crippen molar-refractivity contribution < 1.29 is 8.42 Å². The van der Waals surface area contributed by atoms with Crippen LogP contribution in [-0.2, 0) is 17.1 Å². The molecule has 4 aromatic rings. The molecule has 2 saturated heterocycles. The highest BCUT2D eigenvalue weighted by Crippen LogP contribution is 2.37. The first kappa shape index (κ1) is 30.6. The number of pyridine rings is 1. The van der Waals surface area contributed by atoms with Crippen LogP contribution in [0.15, 0.2) is 48.5 Å². The van der Waals surface area contributed by atoms with Gasteiger partial charge in [-0.25, -0.2) is 22.7 Å². The second kappa shape index (κ2) is 12.1. The molecule has 6 rings (SSSR count). The molecule has 9 nitrogen and oxygen atoms in total. The van der Waals surface area contributed by atoms with E-state index >= 15 is 0 Å². The van der Waals surface area contributed by atoms with Gasteiger partial charge >= 0.3 is 0 Å². The summed E-state index contributed by atoms with van der Waals surface area (Å²) in [4.78, 5) is 15.0. The fourth-order valence-corrected chi connectivity index (χ4v) is 7.66. The highest BCUT2D eigenvalue weighted by Gasteiger charge is 2.29. The highest BCUT2D eigenvalue weighted by molar-refractivity contribution is 7.88. The van der Waals surface area contributed by atoms with Gasteiger partial charge < -0.3 is 14.8 Å². The van der Waals surface area contributed by atoms with Gasteiger partial charge in [-0.15, -0.1) is 0 Å². The largest absolute Gasteiger partial charge is 0.369 e. The van der Waals surface area contributed by atoms with Crippen molar-refractivity contribution in [2.45, 2.75) is 52.5 Å². The third kappa shape index (κ3) is 6.34. The third-order valence-electron chi connectivity index (χ3n) is 9.28. The average molecular weight is 616 g/mol. The van der Waals surface area contributed by atoms with Gasteiger partial charge in [-0.1, -0.05) is 12.1 Å². The molecule has 0 unspecified atom stereocenters. The van der Waals surface area contributed by atoms with Crippen LogP contribution in [0.1, 0.15) is 49.7 Å². The van der Waals surface area contributed by atoms with Crippen LogP contribution in [0.3, 0.4) is 0 Å². The first-order valence-corrected chi connectivity index (χ1v) is 17.6. The average Bonchev–Trinajstić information content (AvgIpc) is 3.33. The van der Waals surface area contributed by atoms with Crippen molar-refractivity contribution >= 4 is 38.2 Å². The molecule has 2 fully saturated rings. The van der Waals surface area contributed by atoms with Gasteiger partial charge in [-0.3, -0.25) is 4.90 Å². The lowest BCUT2D eigenvalue weighted by Crippen LogP contribution is -2.48. The van der Waals surface area contributed by atoms with E-state index < -0.39 is 10.0 Å². The van der Waals surface area contributed by atoms with Crippen LogP contribution in [0, 0.1) is 13.8 Å². The fourth-order valence-electron chi connectivity index (χ4n) is 6.78. The molecule has 0 atom stereocenters. The molecule has 1 N–H and O–H groups in total. The van der Waals surface area contributed by atoms with Gasteiger partial charge in [0.1, 0.15) is 17.2 Å². The first-order valence-electron chi connectivity index (χ1n) is 15.7. The number of benzene rings is 2. The standard InChI is InChI=1S/C34H45N7O2S/c1-23(2)39-15-17-40(18-16-39)29-9-7-26(8-10-29)28-21-30(36-32-20-24(3)19-25(4)35-32)33-31(22-28)38(5)34(37-33)27-11-13-41(14-12-27)44(6,42)43/h7-10,19-23,27H,11-18H2,1-6H3,(H,35,36). The minimum Gasteiger partial charge on any atom is -0.369 e. The monoisotopic (exact) mass is 615 g/mol. The van der Waals surface area contributed by atoms with E-state index in [9.17, 15) is 8.42 Å². The van der Waals surface area contributed by atoms with Crippen molar-refractivity contribution in [2.75, 3.05) is 55.7 Å². The molecule has 2 aliphatic heterocycles. The van der Waals surface area contributed by atoms with E-state index in [1.165, 1.54) is 11.9 Å². The molecule has 44 heavy (non-hydrogen) atoms. The van der Waals surface area contributed by atoms with Crippen LogP contribution >= 0.6 is 0 Å². The molecule has 0 aliphatic carbocycles. The second-order valence-electron chi connectivity index (χ2n) is 12.8. The number of hydrogen-bond donors (Lipinski definition) is 1. The normalized spacial score (nSPS) is 17.6. The zero-order valence-electron chi connectivity index (χ0n) is 26.8. The number of rotatable bonds is 7. The maximum absolute atomic E-state index is 12.1. The van der Waals surface area contributed by atoms with Crippen molar-refractivity contribution in [3.63, 3.8) is 0 Å². The van der Waals surface area contributed by atoms with Crippen LogP contribution in [0.5, 0.6) is 0 Å². The summed E-state index contributed by atoms with van der Waals surface area (Å²) in [6.07, 6.45) is 2.80. The maximum atomic E-state index is 12.1. The molecule has 2 aromatic carbocycles. The van der Waals surface area contributed by atoms with E-state index in [1.54, 1.807) is 4.31 Å². The maximum Gasteiger partial charge on any atom is 0.211 e. The lowest BCUT2D eigenvalue weighted by molar-refractivity contribution is 0.209. The molecular weight excluding hydrogens is 570 g/mol. The lowest BCUT2D eigenvalue weighted by Gasteiger charge is -2.38. The Morgan fingerprint density at radius 2 is 1.55 bits per heavy atom. The number of hydrogen-bond acceptors (Lipinski definition) is 7. The summed E-state index contributed by atoms with van der Waals surface area (Å²) >= 11 is 0. The summed E-state index contributed by atoms with van der Waals surface area (Å²) in [7, 11) is -1.10. The second-order valence-corrected chi connectivity index (χ2v) is 14.8. The van der Waals surface area contributed by atoms with Gasteiger partial charge in [0.15, 0.2) is 0 Å². The Morgan fingerprint density at radius 3 is 2.16 bits per heavy atom. The fraction of sp³-hybridized carbons (Fsp3) is 0.471. The van der Waals surface area contributed by atoms with Crippen LogP contribution < -0.4 is 10.2 Å². The van der Waals surface area contributed by atoms with Crippen molar-refractivity contribution in [3.8, 4) is 11.1 Å². The minimum absolute atomic E-state index is 0.191. The van der Waals surface area contributed by atoms with Crippen molar-refractivity contribution in [2.24, 2.45) is 7.05 Å². The van der Waals surface area contributed by atoms with E-state index in [0.29, 0.717) is 19.1 Å². The Morgan fingerprint density at radius 1 is 0.864 bits per heavy atom. The lowest BCUT2D eigenvalue weighted by atomic mass is 9.97. The quantitative estimate of drug-likeness (QED) is 0.287. The number of nitrogens with zero attached hydrogens (tertiary/aromatic N) is 6. The Bertz CT molecular complexity index is 1730. The smallest absolute Gasteiger partial charge is 0.211 e. The van der Waals surface area contributed by atoms with Crippen molar-refractivity contribution in [1.29, 1.82) is 0 Å². The molecular formula is C34H45N7O2S. The predicted molar refractivity (Wildman–Crippen MR) is 180 cm³/mol. The number of imidazole rings is 1. The summed E-state index contributed by atoms with van der Waals surface area (Å²) in [5, 5.41) is 3.60. The topological polar surface area (TPSA) is 86.6 Å².